The highest BCUT2D eigenvalue weighted by Crippen LogP contribution is 2.26. The first-order chi connectivity index (χ1) is 9.11. The molecule has 0 saturated heterocycles. The van der Waals surface area contributed by atoms with Crippen LogP contribution in [0.2, 0.25) is 0 Å². The van der Waals surface area contributed by atoms with E-state index in [4.69, 9.17) is 5.11 Å². The summed E-state index contributed by atoms with van der Waals surface area (Å²) in [5, 5.41) is 9.74. The Kier molecular flexibility index (Phi) is 4.16. The average molecular weight is 277 g/mol. The van der Waals surface area contributed by atoms with Gasteiger partial charge in [0, 0.05) is 17.8 Å². The zero-order chi connectivity index (χ0) is 13.8. The Labute approximate surface area is 115 Å². The Bertz CT molecular complexity index is 573. The van der Waals surface area contributed by atoms with Gasteiger partial charge in [-0.05, 0) is 24.4 Å². The number of rotatable bonds is 5. The maximum atomic E-state index is 12.3. The first-order valence-electron chi connectivity index (χ1n) is 6.11. The number of carboxylic acid groups (broad SMARTS) is 1. The number of hydrogen-bond donors (Lipinski definition) is 1. The SMILES string of the molecule is CCN(CCC(=O)O)C(=O)c1cc2ccccc2s1. The van der Waals surface area contributed by atoms with Crippen molar-refractivity contribution in [3.8, 4) is 0 Å². The number of hydrogen-bond acceptors (Lipinski definition) is 3. The van der Waals surface area contributed by atoms with Gasteiger partial charge in [-0.15, -0.1) is 11.3 Å². The second-order valence-corrected chi connectivity index (χ2v) is 5.26. The molecule has 1 aromatic carbocycles. The van der Waals surface area contributed by atoms with Crippen LogP contribution in [0.3, 0.4) is 0 Å². The highest BCUT2D eigenvalue weighted by atomic mass is 32.1. The lowest BCUT2D eigenvalue weighted by atomic mass is 10.2. The lowest BCUT2D eigenvalue weighted by Gasteiger charge is -2.18. The minimum Gasteiger partial charge on any atom is -0.481 e. The largest absolute Gasteiger partial charge is 0.481 e. The molecule has 1 heterocycles. The lowest BCUT2D eigenvalue weighted by molar-refractivity contribution is -0.137. The second-order valence-electron chi connectivity index (χ2n) is 4.18. The molecule has 0 fully saturated rings. The van der Waals surface area contributed by atoms with Crippen LogP contribution < -0.4 is 0 Å². The molecular weight excluding hydrogens is 262 g/mol. The molecule has 2 aromatic rings. The average Bonchev–Trinajstić information content (AvgIpc) is 2.82. The summed E-state index contributed by atoms with van der Waals surface area (Å²) < 4.78 is 1.07. The fourth-order valence-corrected chi connectivity index (χ4v) is 2.91. The summed E-state index contributed by atoms with van der Waals surface area (Å²) in [6.07, 6.45) is -0.0233. The lowest BCUT2D eigenvalue weighted by Crippen LogP contribution is -2.32. The van der Waals surface area contributed by atoms with Crippen molar-refractivity contribution in [1.82, 2.24) is 4.90 Å². The van der Waals surface area contributed by atoms with E-state index in [1.54, 1.807) is 4.90 Å². The number of nitrogens with zero attached hydrogens (tertiary/aromatic N) is 1. The summed E-state index contributed by atoms with van der Waals surface area (Å²) in [5.74, 6) is -0.979. The topological polar surface area (TPSA) is 57.6 Å². The Morgan fingerprint density at radius 3 is 2.68 bits per heavy atom. The maximum Gasteiger partial charge on any atom is 0.305 e. The number of aliphatic carboxylic acids is 1. The standard InChI is InChI=1S/C14H15NO3S/c1-2-15(8-7-13(16)17)14(18)12-9-10-5-3-4-6-11(10)19-12/h3-6,9H,2,7-8H2,1H3,(H,16,17). The summed E-state index contributed by atoms with van der Waals surface area (Å²) in [6, 6.07) is 9.69. The molecule has 4 nitrogen and oxygen atoms in total. The van der Waals surface area contributed by atoms with Gasteiger partial charge in [0.25, 0.3) is 5.91 Å². The Morgan fingerprint density at radius 1 is 1.32 bits per heavy atom. The fraction of sp³-hybridized carbons (Fsp3) is 0.286. The van der Waals surface area contributed by atoms with Gasteiger partial charge in [0.1, 0.15) is 0 Å². The molecule has 100 valence electrons. The zero-order valence-corrected chi connectivity index (χ0v) is 11.4. The molecule has 1 amide bonds. The van der Waals surface area contributed by atoms with Gasteiger partial charge in [-0.25, -0.2) is 0 Å². The maximum absolute atomic E-state index is 12.3. The summed E-state index contributed by atoms with van der Waals surface area (Å²) in [5.41, 5.74) is 0. The molecule has 1 N–H and O–H groups in total. The Morgan fingerprint density at radius 2 is 2.05 bits per heavy atom. The number of fused-ring (bicyclic) bond motifs is 1. The van der Waals surface area contributed by atoms with Crippen molar-refractivity contribution in [1.29, 1.82) is 0 Å². The first-order valence-corrected chi connectivity index (χ1v) is 6.93. The number of carbonyl (C=O) groups is 2. The third-order valence-corrected chi connectivity index (χ3v) is 4.00. The minimum atomic E-state index is -0.886. The molecule has 0 bridgehead atoms. The van der Waals surface area contributed by atoms with Crippen LogP contribution in [0.1, 0.15) is 23.0 Å². The third kappa shape index (κ3) is 3.12. The molecule has 0 spiro atoms. The van der Waals surface area contributed by atoms with Crippen molar-refractivity contribution in [2.24, 2.45) is 0 Å². The van der Waals surface area contributed by atoms with E-state index in [0.29, 0.717) is 11.4 Å². The van der Waals surface area contributed by atoms with Crippen molar-refractivity contribution >= 4 is 33.3 Å². The van der Waals surface area contributed by atoms with E-state index in [9.17, 15) is 9.59 Å². The van der Waals surface area contributed by atoms with Crippen molar-refractivity contribution in [3.63, 3.8) is 0 Å². The smallest absolute Gasteiger partial charge is 0.305 e. The summed E-state index contributed by atoms with van der Waals surface area (Å²) in [7, 11) is 0. The van der Waals surface area contributed by atoms with Crippen LogP contribution in [-0.2, 0) is 4.79 Å². The number of carboxylic acids is 1. The van der Waals surface area contributed by atoms with Crippen LogP contribution in [0.15, 0.2) is 30.3 Å². The van der Waals surface area contributed by atoms with Crippen LogP contribution in [-0.4, -0.2) is 35.0 Å². The van der Waals surface area contributed by atoms with Gasteiger partial charge in [0.05, 0.1) is 11.3 Å². The molecule has 0 unspecified atom stereocenters. The first kappa shape index (κ1) is 13.5. The predicted octanol–water partition coefficient (Wildman–Crippen LogP) is 2.84. The second kappa shape index (κ2) is 5.84. The Balaban J connectivity index is 2.18. The summed E-state index contributed by atoms with van der Waals surface area (Å²) in [6.45, 7) is 2.62. The normalized spacial score (nSPS) is 10.6. The molecule has 0 aliphatic rings. The molecule has 2 rings (SSSR count). The van der Waals surface area contributed by atoms with Crippen molar-refractivity contribution < 1.29 is 14.7 Å². The van der Waals surface area contributed by atoms with Gasteiger partial charge in [0.15, 0.2) is 0 Å². The van der Waals surface area contributed by atoms with Gasteiger partial charge >= 0.3 is 5.97 Å². The van der Waals surface area contributed by atoms with E-state index in [-0.39, 0.29) is 18.9 Å². The number of amides is 1. The quantitative estimate of drug-likeness (QED) is 0.914. The monoisotopic (exact) mass is 277 g/mol. The summed E-state index contributed by atoms with van der Waals surface area (Å²) >= 11 is 1.44. The fourth-order valence-electron chi connectivity index (χ4n) is 1.88. The molecule has 5 heteroatoms. The third-order valence-electron chi connectivity index (χ3n) is 2.90. The molecule has 19 heavy (non-hydrogen) atoms. The van der Waals surface area contributed by atoms with Gasteiger partial charge in [-0.3, -0.25) is 9.59 Å². The van der Waals surface area contributed by atoms with E-state index in [0.717, 1.165) is 10.1 Å². The molecule has 0 radical (unpaired) electrons. The molecule has 0 saturated carbocycles. The highest BCUT2D eigenvalue weighted by molar-refractivity contribution is 7.20. The number of benzene rings is 1. The van der Waals surface area contributed by atoms with Crippen molar-refractivity contribution in [2.45, 2.75) is 13.3 Å². The van der Waals surface area contributed by atoms with Crippen LogP contribution in [0.25, 0.3) is 10.1 Å². The molecule has 0 aliphatic heterocycles. The van der Waals surface area contributed by atoms with Gasteiger partial charge in [-0.1, -0.05) is 18.2 Å². The van der Waals surface area contributed by atoms with E-state index in [1.165, 1.54) is 11.3 Å². The van der Waals surface area contributed by atoms with E-state index in [1.807, 2.05) is 37.3 Å². The highest BCUT2D eigenvalue weighted by Gasteiger charge is 2.17. The van der Waals surface area contributed by atoms with Crippen LogP contribution in [0.5, 0.6) is 0 Å². The van der Waals surface area contributed by atoms with Crippen LogP contribution in [0.4, 0.5) is 0 Å². The van der Waals surface area contributed by atoms with Gasteiger partial charge in [-0.2, -0.15) is 0 Å². The van der Waals surface area contributed by atoms with Crippen LogP contribution >= 0.6 is 11.3 Å². The molecule has 0 aliphatic carbocycles. The molecule has 0 atom stereocenters. The van der Waals surface area contributed by atoms with E-state index in [2.05, 4.69) is 0 Å². The minimum absolute atomic E-state index is 0.0233. The summed E-state index contributed by atoms with van der Waals surface area (Å²) in [4.78, 5) is 25.1. The van der Waals surface area contributed by atoms with E-state index >= 15 is 0 Å². The predicted molar refractivity (Wildman–Crippen MR) is 75.7 cm³/mol. The van der Waals surface area contributed by atoms with Gasteiger partial charge < -0.3 is 10.0 Å². The van der Waals surface area contributed by atoms with Crippen molar-refractivity contribution in [2.75, 3.05) is 13.1 Å². The van der Waals surface area contributed by atoms with Crippen molar-refractivity contribution in [3.05, 3.63) is 35.2 Å². The zero-order valence-electron chi connectivity index (χ0n) is 10.6. The molecular formula is C14H15NO3S. The molecule has 1 aromatic heterocycles. The van der Waals surface area contributed by atoms with Crippen LogP contribution in [0, 0.1) is 0 Å². The number of carbonyl (C=O) groups excluding carboxylic acids is 1. The van der Waals surface area contributed by atoms with Gasteiger partial charge in [0.2, 0.25) is 0 Å². The van der Waals surface area contributed by atoms with E-state index < -0.39 is 5.97 Å². The number of thiophene rings is 1. The Hall–Kier alpha value is -1.88.